The first-order valence-corrected chi connectivity index (χ1v) is 6.67. The van der Waals surface area contributed by atoms with E-state index in [1.165, 1.54) is 0 Å². The van der Waals surface area contributed by atoms with E-state index >= 15 is 0 Å². The number of hydrogen-bond donors (Lipinski definition) is 2. The Balaban J connectivity index is 2.72. The third-order valence-electron chi connectivity index (χ3n) is 3.30. The standard InChI is InChI=1S/C15H24N2O/c1-4-8-14(13-9-6-5-7-10-13)17-15(18)11(2)12(3)16/h5-7,9-12,14H,4,8,16H2,1-3H3,(H,17,18). The van der Waals surface area contributed by atoms with Crippen LogP contribution in [0.4, 0.5) is 0 Å². The van der Waals surface area contributed by atoms with Crippen molar-refractivity contribution in [1.82, 2.24) is 5.32 Å². The minimum atomic E-state index is -0.159. The molecule has 18 heavy (non-hydrogen) atoms. The Labute approximate surface area is 110 Å². The SMILES string of the molecule is CCCC(NC(=O)C(C)C(C)N)c1ccccc1. The van der Waals surface area contributed by atoms with Gasteiger partial charge < -0.3 is 11.1 Å². The Morgan fingerprint density at radius 1 is 1.28 bits per heavy atom. The average molecular weight is 248 g/mol. The molecule has 0 spiro atoms. The molecule has 3 unspecified atom stereocenters. The van der Waals surface area contributed by atoms with Crippen LogP contribution >= 0.6 is 0 Å². The van der Waals surface area contributed by atoms with Gasteiger partial charge in [0.2, 0.25) is 5.91 Å². The van der Waals surface area contributed by atoms with Crippen LogP contribution in [0.15, 0.2) is 30.3 Å². The van der Waals surface area contributed by atoms with Gasteiger partial charge in [-0.3, -0.25) is 4.79 Å². The summed E-state index contributed by atoms with van der Waals surface area (Å²) < 4.78 is 0. The van der Waals surface area contributed by atoms with Crippen LogP contribution in [0.1, 0.15) is 45.2 Å². The van der Waals surface area contributed by atoms with Crippen LogP contribution < -0.4 is 11.1 Å². The van der Waals surface area contributed by atoms with Gasteiger partial charge in [-0.25, -0.2) is 0 Å². The van der Waals surface area contributed by atoms with Crippen LogP contribution in [0.5, 0.6) is 0 Å². The number of rotatable bonds is 6. The van der Waals surface area contributed by atoms with Gasteiger partial charge in [-0.05, 0) is 18.9 Å². The highest BCUT2D eigenvalue weighted by molar-refractivity contribution is 5.79. The smallest absolute Gasteiger partial charge is 0.224 e. The molecule has 0 aromatic heterocycles. The first kappa shape index (κ1) is 14.7. The maximum atomic E-state index is 12.1. The minimum absolute atomic E-state index is 0.0345. The number of carbonyl (C=O) groups is 1. The molecule has 0 aliphatic heterocycles. The van der Waals surface area contributed by atoms with Gasteiger partial charge in [-0.2, -0.15) is 0 Å². The van der Waals surface area contributed by atoms with Crippen molar-refractivity contribution in [3.05, 3.63) is 35.9 Å². The maximum Gasteiger partial charge on any atom is 0.224 e. The summed E-state index contributed by atoms with van der Waals surface area (Å²) in [6, 6.07) is 10.1. The number of carbonyl (C=O) groups excluding carboxylic acids is 1. The third kappa shape index (κ3) is 4.15. The van der Waals surface area contributed by atoms with Crippen molar-refractivity contribution in [2.75, 3.05) is 0 Å². The number of hydrogen-bond acceptors (Lipinski definition) is 2. The molecule has 0 saturated heterocycles. The molecule has 0 aliphatic rings. The second-order valence-corrected chi connectivity index (χ2v) is 4.91. The van der Waals surface area contributed by atoms with Gasteiger partial charge in [-0.15, -0.1) is 0 Å². The zero-order valence-corrected chi connectivity index (χ0v) is 11.5. The van der Waals surface area contributed by atoms with Crippen molar-refractivity contribution < 1.29 is 4.79 Å². The summed E-state index contributed by atoms with van der Waals surface area (Å²) in [5.74, 6) is -0.125. The predicted molar refractivity (Wildman–Crippen MR) is 75.0 cm³/mol. The highest BCUT2D eigenvalue weighted by Crippen LogP contribution is 2.18. The molecule has 0 heterocycles. The Morgan fingerprint density at radius 2 is 1.89 bits per heavy atom. The first-order valence-electron chi connectivity index (χ1n) is 6.67. The molecule has 0 bridgehead atoms. The largest absolute Gasteiger partial charge is 0.349 e. The van der Waals surface area contributed by atoms with Crippen molar-refractivity contribution >= 4 is 5.91 Å². The lowest BCUT2D eigenvalue weighted by Gasteiger charge is -2.22. The zero-order valence-electron chi connectivity index (χ0n) is 11.5. The molecule has 3 heteroatoms. The van der Waals surface area contributed by atoms with Crippen LogP contribution in [-0.2, 0) is 4.79 Å². The van der Waals surface area contributed by atoms with E-state index in [9.17, 15) is 4.79 Å². The van der Waals surface area contributed by atoms with Gasteiger partial charge in [0.25, 0.3) is 0 Å². The molecule has 1 amide bonds. The molecule has 100 valence electrons. The highest BCUT2D eigenvalue weighted by atomic mass is 16.1. The van der Waals surface area contributed by atoms with E-state index < -0.39 is 0 Å². The van der Waals surface area contributed by atoms with Gasteiger partial charge in [0, 0.05) is 12.0 Å². The topological polar surface area (TPSA) is 55.1 Å². The van der Waals surface area contributed by atoms with Gasteiger partial charge in [0.15, 0.2) is 0 Å². The van der Waals surface area contributed by atoms with Crippen molar-refractivity contribution in [2.45, 2.75) is 45.7 Å². The molecule has 3 nitrogen and oxygen atoms in total. The molecular formula is C15H24N2O. The molecule has 3 N–H and O–H groups in total. The lowest BCUT2D eigenvalue weighted by atomic mass is 9.99. The fourth-order valence-electron chi connectivity index (χ4n) is 1.84. The summed E-state index contributed by atoms with van der Waals surface area (Å²) in [6.07, 6.45) is 1.98. The third-order valence-corrected chi connectivity index (χ3v) is 3.30. The van der Waals surface area contributed by atoms with Gasteiger partial charge in [-0.1, -0.05) is 50.6 Å². The fraction of sp³-hybridized carbons (Fsp3) is 0.533. The number of amides is 1. The Morgan fingerprint density at radius 3 is 2.39 bits per heavy atom. The number of nitrogens with two attached hydrogens (primary N) is 1. The van der Waals surface area contributed by atoms with E-state index in [0.29, 0.717) is 0 Å². The van der Waals surface area contributed by atoms with Crippen LogP contribution in [0.2, 0.25) is 0 Å². The van der Waals surface area contributed by atoms with Crippen molar-refractivity contribution in [3.63, 3.8) is 0 Å². The Bertz CT molecular complexity index is 362. The molecule has 0 saturated carbocycles. The normalized spacial score (nSPS) is 15.8. The van der Waals surface area contributed by atoms with Gasteiger partial charge >= 0.3 is 0 Å². The second kappa shape index (κ2) is 7.17. The molecule has 1 aromatic carbocycles. The van der Waals surface area contributed by atoms with Crippen LogP contribution in [0, 0.1) is 5.92 Å². The van der Waals surface area contributed by atoms with E-state index in [-0.39, 0.29) is 23.9 Å². The van der Waals surface area contributed by atoms with Crippen LogP contribution in [-0.4, -0.2) is 11.9 Å². The second-order valence-electron chi connectivity index (χ2n) is 4.91. The van der Waals surface area contributed by atoms with Crippen molar-refractivity contribution in [2.24, 2.45) is 11.7 Å². The zero-order chi connectivity index (χ0) is 13.5. The number of benzene rings is 1. The minimum Gasteiger partial charge on any atom is -0.349 e. The first-order chi connectivity index (χ1) is 8.56. The number of nitrogens with one attached hydrogen (secondary N) is 1. The monoisotopic (exact) mass is 248 g/mol. The van der Waals surface area contributed by atoms with Crippen LogP contribution in [0.25, 0.3) is 0 Å². The summed E-state index contributed by atoms with van der Waals surface area (Å²) in [4.78, 5) is 12.1. The van der Waals surface area contributed by atoms with E-state index in [1.807, 2.05) is 32.0 Å². The maximum absolute atomic E-state index is 12.1. The van der Waals surface area contributed by atoms with E-state index in [0.717, 1.165) is 18.4 Å². The van der Waals surface area contributed by atoms with Crippen LogP contribution in [0.3, 0.4) is 0 Å². The molecule has 0 aliphatic carbocycles. The quantitative estimate of drug-likeness (QED) is 0.813. The van der Waals surface area contributed by atoms with Gasteiger partial charge in [0.1, 0.15) is 0 Å². The molecular weight excluding hydrogens is 224 g/mol. The predicted octanol–water partition coefficient (Wildman–Crippen LogP) is 2.63. The van der Waals surface area contributed by atoms with E-state index in [2.05, 4.69) is 24.4 Å². The summed E-state index contributed by atoms with van der Waals surface area (Å²) >= 11 is 0. The summed E-state index contributed by atoms with van der Waals surface area (Å²) in [5.41, 5.74) is 6.92. The lowest BCUT2D eigenvalue weighted by molar-refractivity contribution is -0.125. The van der Waals surface area contributed by atoms with E-state index in [1.54, 1.807) is 0 Å². The van der Waals surface area contributed by atoms with Gasteiger partial charge in [0.05, 0.1) is 6.04 Å². The lowest BCUT2D eigenvalue weighted by Crippen LogP contribution is -2.40. The van der Waals surface area contributed by atoms with Crippen molar-refractivity contribution in [3.8, 4) is 0 Å². The molecule has 3 atom stereocenters. The average Bonchev–Trinajstić information content (AvgIpc) is 2.38. The fourth-order valence-corrected chi connectivity index (χ4v) is 1.84. The molecule has 1 aromatic rings. The molecule has 0 radical (unpaired) electrons. The summed E-state index contributed by atoms with van der Waals surface area (Å²) in [6.45, 7) is 5.85. The summed E-state index contributed by atoms with van der Waals surface area (Å²) in [7, 11) is 0. The Hall–Kier alpha value is -1.35. The summed E-state index contributed by atoms with van der Waals surface area (Å²) in [5, 5.41) is 3.10. The molecule has 1 rings (SSSR count). The van der Waals surface area contributed by atoms with E-state index in [4.69, 9.17) is 5.73 Å². The highest BCUT2D eigenvalue weighted by Gasteiger charge is 2.20. The molecule has 0 fully saturated rings. The Kier molecular flexibility index (Phi) is 5.86. The van der Waals surface area contributed by atoms with Crippen molar-refractivity contribution in [1.29, 1.82) is 0 Å².